The standard InChI is InChI=1S/C24H29ClN5O7PS2/c25-19-15-26-23(27-16-19)29-8-6-20(7-9-29)37-24-28-21-3-2-18(14-22(21)39-24)17-4-10-30(11-5-17)40(34,35)13-1-12-36-38(31,32)33/h2-4,14-16,20H,1,5-13H2,(H2,31,32,33). The summed E-state index contributed by atoms with van der Waals surface area (Å²) >= 11 is 7.38. The molecule has 1 aromatic carbocycles. The van der Waals surface area contributed by atoms with Crippen molar-refractivity contribution in [3.05, 3.63) is 47.3 Å². The van der Waals surface area contributed by atoms with Crippen LogP contribution in [0.2, 0.25) is 5.02 Å². The maximum Gasteiger partial charge on any atom is 0.469 e. The number of halogens is 1. The van der Waals surface area contributed by atoms with Gasteiger partial charge in [-0.3, -0.25) is 4.52 Å². The molecule has 2 aliphatic heterocycles. The first kappa shape index (κ1) is 29.3. The van der Waals surface area contributed by atoms with E-state index in [4.69, 9.17) is 26.1 Å². The van der Waals surface area contributed by atoms with E-state index in [0.717, 1.165) is 47.3 Å². The lowest BCUT2D eigenvalue weighted by Gasteiger charge is -2.31. The van der Waals surface area contributed by atoms with Crippen LogP contribution < -0.4 is 9.64 Å². The van der Waals surface area contributed by atoms with E-state index in [1.54, 1.807) is 12.4 Å². The van der Waals surface area contributed by atoms with Crippen LogP contribution in [0.4, 0.5) is 5.95 Å². The first-order chi connectivity index (χ1) is 19.1. The Morgan fingerprint density at radius 3 is 2.58 bits per heavy atom. The number of phosphoric ester groups is 1. The van der Waals surface area contributed by atoms with Crippen LogP contribution in [0.25, 0.3) is 15.8 Å². The maximum atomic E-state index is 12.6. The number of anilines is 1. The lowest BCUT2D eigenvalue weighted by atomic mass is 10.0. The molecule has 2 aromatic heterocycles. The van der Waals surface area contributed by atoms with Crippen molar-refractivity contribution in [3.63, 3.8) is 0 Å². The third kappa shape index (κ3) is 7.56. The Kier molecular flexibility index (Phi) is 9.08. The van der Waals surface area contributed by atoms with Crippen LogP contribution in [0.1, 0.15) is 31.2 Å². The summed E-state index contributed by atoms with van der Waals surface area (Å²) in [7, 11) is -8.16. The van der Waals surface area contributed by atoms with Gasteiger partial charge >= 0.3 is 7.82 Å². The number of rotatable bonds is 10. The lowest BCUT2D eigenvalue weighted by Crippen LogP contribution is -2.39. The summed E-state index contributed by atoms with van der Waals surface area (Å²) in [5.74, 6) is 0.431. The number of nitrogens with zero attached hydrogens (tertiary/aromatic N) is 5. The Hall–Kier alpha value is -2.16. The molecule has 0 bridgehead atoms. The van der Waals surface area contributed by atoms with Crippen molar-refractivity contribution >= 4 is 62.5 Å². The summed E-state index contributed by atoms with van der Waals surface area (Å²) in [6.07, 6.45) is 7.38. The Labute approximate surface area is 240 Å². The maximum absolute atomic E-state index is 12.6. The second kappa shape index (κ2) is 12.4. The van der Waals surface area contributed by atoms with E-state index >= 15 is 0 Å². The van der Waals surface area contributed by atoms with E-state index in [9.17, 15) is 13.0 Å². The molecule has 0 radical (unpaired) electrons. The number of thiazole rings is 1. The molecule has 40 heavy (non-hydrogen) atoms. The first-order valence-corrected chi connectivity index (χ1v) is 17.1. The Bertz CT molecular complexity index is 1520. The summed E-state index contributed by atoms with van der Waals surface area (Å²) in [6, 6.07) is 6.01. The zero-order valence-corrected chi connectivity index (χ0v) is 24.7. The number of ether oxygens (including phenoxy) is 1. The SMILES string of the molecule is O=P(O)(O)OCCCS(=O)(=O)N1CC=C(c2ccc3nc(OC4CCN(c5ncc(Cl)cn5)CC4)sc3c2)CC1. The van der Waals surface area contributed by atoms with E-state index in [-0.39, 0.29) is 31.4 Å². The van der Waals surface area contributed by atoms with Crippen LogP contribution in [-0.4, -0.2) is 82.1 Å². The second-order valence-electron chi connectivity index (χ2n) is 9.50. The molecule has 3 aromatic rings. The molecule has 0 saturated carbocycles. The van der Waals surface area contributed by atoms with E-state index < -0.39 is 17.8 Å². The van der Waals surface area contributed by atoms with Crippen molar-refractivity contribution in [1.82, 2.24) is 19.3 Å². The van der Waals surface area contributed by atoms with Gasteiger partial charge in [-0.1, -0.05) is 35.1 Å². The molecule has 4 heterocycles. The third-order valence-electron chi connectivity index (χ3n) is 6.71. The highest BCUT2D eigenvalue weighted by molar-refractivity contribution is 7.89. The minimum absolute atomic E-state index is 0.00282. The molecule has 0 spiro atoms. The van der Waals surface area contributed by atoms with E-state index in [0.29, 0.717) is 29.1 Å². The average molecular weight is 630 g/mol. The van der Waals surface area contributed by atoms with Crippen LogP contribution in [0.15, 0.2) is 36.7 Å². The van der Waals surface area contributed by atoms with Crippen LogP contribution >= 0.6 is 30.8 Å². The van der Waals surface area contributed by atoms with Crippen molar-refractivity contribution in [1.29, 1.82) is 0 Å². The zero-order chi connectivity index (χ0) is 28.3. The van der Waals surface area contributed by atoms with Gasteiger partial charge in [0.2, 0.25) is 16.0 Å². The summed E-state index contributed by atoms with van der Waals surface area (Å²) in [4.78, 5) is 32.8. The van der Waals surface area contributed by atoms with Gasteiger partial charge in [-0.25, -0.2) is 27.9 Å². The Balaban J connectivity index is 1.15. The molecule has 216 valence electrons. The van der Waals surface area contributed by atoms with Crippen LogP contribution in [0, 0.1) is 0 Å². The van der Waals surface area contributed by atoms with Crippen molar-refractivity contribution < 1.29 is 32.0 Å². The monoisotopic (exact) mass is 629 g/mol. The molecular weight excluding hydrogens is 601 g/mol. The average Bonchev–Trinajstić information content (AvgIpc) is 3.33. The normalized spacial score (nSPS) is 17.8. The zero-order valence-electron chi connectivity index (χ0n) is 21.4. The number of phosphoric acid groups is 1. The molecule has 2 N–H and O–H groups in total. The minimum Gasteiger partial charge on any atom is -0.467 e. The molecule has 16 heteroatoms. The second-order valence-corrected chi connectivity index (χ2v) is 14.3. The van der Waals surface area contributed by atoms with Gasteiger partial charge in [0.25, 0.3) is 5.19 Å². The van der Waals surface area contributed by atoms with E-state index in [1.807, 2.05) is 18.2 Å². The number of sulfonamides is 1. The van der Waals surface area contributed by atoms with Crippen molar-refractivity contribution in [2.45, 2.75) is 31.8 Å². The van der Waals surface area contributed by atoms with Crippen LogP contribution in [0.5, 0.6) is 5.19 Å². The lowest BCUT2D eigenvalue weighted by molar-refractivity contribution is 0.170. The van der Waals surface area contributed by atoms with Gasteiger partial charge in [0.15, 0.2) is 0 Å². The summed E-state index contributed by atoms with van der Waals surface area (Å²) < 4.78 is 48.9. The molecule has 0 atom stereocenters. The topological polar surface area (TPSA) is 155 Å². The van der Waals surface area contributed by atoms with Crippen molar-refractivity contribution in [3.8, 4) is 5.19 Å². The van der Waals surface area contributed by atoms with Crippen molar-refractivity contribution in [2.24, 2.45) is 0 Å². The summed E-state index contributed by atoms with van der Waals surface area (Å²) in [5.41, 5.74) is 2.94. The highest BCUT2D eigenvalue weighted by Gasteiger charge is 2.26. The van der Waals surface area contributed by atoms with Gasteiger partial charge in [-0.2, -0.15) is 4.31 Å². The number of hydrogen-bond donors (Lipinski definition) is 2. The Morgan fingerprint density at radius 2 is 1.90 bits per heavy atom. The molecule has 0 amide bonds. The quantitative estimate of drug-likeness (QED) is 0.249. The smallest absolute Gasteiger partial charge is 0.467 e. The Morgan fingerprint density at radius 1 is 1.15 bits per heavy atom. The van der Waals surface area contributed by atoms with Crippen LogP contribution in [0.3, 0.4) is 0 Å². The summed E-state index contributed by atoms with van der Waals surface area (Å²) in [5, 5.41) is 1.14. The van der Waals surface area contributed by atoms with Crippen LogP contribution in [-0.2, 0) is 19.1 Å². The van der Waals surface area contributed by atoms with Crippen molar-refractivity contribution in [2.75, 3.05) is 43.4 Å². The van der Waals surface area contributed by atoms with E-state index in [1.165, 1.54) is 15.6 Å². The van der Waals surface area contributed by atoms with E-state index in [2.05, 4.69) is 30.4 Å². The minimum atomic E-state index is -4.60. The predicted molar refractivity (Wildman–Crippen MR) is 153 cm³/mol. The third-order valence-corrected chi connectivity index (χ3v) is 10.3. The predicted octanol–water partition coefficient (Wildman–Crippen LogP) is 3.71. The van der Waals surface area contributed by atoms with Gasteiger partial charge in [0.1, 0.15) is 6.10 Å². The van der Waals surface area contributed by atoms with Gasteiger partial charge in [-0.05, 0) is 36.1 Å². The van der Waals surface area contributed by atoms with Gasteiger partial charge < -0.3 is 19.4 Å². The summed E-state index contributed by atoms with van der Waals surface area (Å²) in [6.45, 7) is 1.82. The first-order valence-electron chi connectivity index (χ1n) is 12.7. The molecule has 1 saturated heterocycles. The molecule has 0 unspecified atom stereocenters. The molecule has 12 nitrogen and oxygen atoms in total. The number of piperidine rings is 1. The number of aromatic nitrogens is 3. The molecular formula is C24H29ClN5O7PS2. The van der Waals surface area contributed by atoms with Gasteiger partial charge in [-0.15, -0.1) is 0 Å². The fourth-order valence-electron chi connectivity index (χ4n) is 4.66. The number of fused-ring (bicyclic) bond motifs is 1. The van der Waals surface area contributed by atoms with Gasteiger partial charge in [0, 0.05) is 39.0 Å². The fourth-order valence-corrected chi connectivity index (χ4v) is 7.45. The number of benzene rings is 1. The fraction of sp³-hybridized carbons (Fsp3) is 0.458. The molecule has 0 aliphatic carbocycles. The number of hydrogen-bond acceptors (Lipinski definition) is 10. The molecule has 1 fully saturated rings. The molecule has 2 aliphatic rings. The van der Waals surface area contributed by atoms with Gasteiger partial charge in [0.05, 0.1) is 40.0 Å². The molecule has 5 rings (SSSR count). The highest BCUT2D eigenvalue weighted by Crippen LogP contribution is 2.36. The highest BCUT2D eigenvalue weighted by atomic mass is 35.5. The largest absolute Gasteiger partial charge is 0.469 e.